The van der Waals surface area contributed by atoms with Gasteiger partial charge in [0.1, 0.15) is 23.2 Å². The molecule has 0 N–H and O–H groups in total. The molecule has 1 saturated heterocycles. The van der Waals surface area contributed by atoms with Crippen molar-refractivity contribution < 1.29 is 44.9 Å². The van der Waals surface area contributed by atoms with Crippen LogP contribution >= 0.6 is 0 Å². The molecule has 2 aromatic carbocycles. The predicted molar refractivity (Wildman–Crippen MR) is 142 cm³/mol. The average Bonchev–Trinajstić information content (AvgIpc) is 2.95. The van der Waals surface area contributed by atoms with E-state index in [4.69, 9.17) is 14.2 Å². The van der Waals surface area contributed by atoms with E-state index in [1.165, 1.54) is 6.07 Å². The number of hydrogen-bond acceptors (Lipinski definition) is 3. The summed E-state index contributed by atoms with van der Waals surface area (Å²) in [5.41, 5.74) is 0.346. The minimum atomic E-state index is -3.67. The maximum atomic E-state index is 15.1. The highest BCUT2D eigenvalue weighted by molar-refractivity contribution is 5.53. The van der Waals surface area contributed by atoms with Crippen molar-refractivity contribution >= 4 is 6.08 Å². The van der Waals surface area contributed by atoms with E-state index in [0.717, 1.165) is 25.7 Å². The average molecular weight is 601 g/mol. The summed E-state index contributed by atoms with van der Waals surface area (Å²) in [6.45, 7) is 3.17. The third-order valence-corrected chi connectivity index (χ3v) is 9.05. The van der Waals surface area contributed by atoms with E-state index in [1.807, 2.05) is 19.1 Å². The first-order valence-corrected chi connectivity index (χ1v) is 14.6. The molecule has 10 heteroatoms. The van der Waals surface area contributed by atoms with Crippen LogP contribution < -0.4 is 4.74 Å². The highest BCUT2D eigenvalue weighted by Crippen LogP contribution is 2.47. The molecule has 2 saturated carbocycles. The lowest BCUT2D eigenvalue weighted by Gasteiger charge is -2.39. The minimum Gasteiger partial charge on any atom is -0.432 e. The molecule has 3 nitrogen and oxygen atoms in total. The molecule has 2 aliphatic carbocycles. The summed E-state index contributed by atoms with van der Waals surface area (Å²) in [6, 6.07) is 6.18. The number of halogens is 7. The molecule has 3 fully saturated rings. The number of rotatable bonds is 7. The Morgan fingerprint density at radius 3 is 1.93 bits per heavy atom. The standard InChI is InChI=1S/C32H35F7O3/c1-18-16-40-31(41-17-18)22-8-11-25(27(33)12-22)21-4-2-19(3-5-21)20-6-9-23(10-7-20)32(38,39)42-24-13-28(34)26(15-30(36)37)29(35)14-24/h8,11-15,18-21,23,31H,2-7,9-10,16-17H2,1H3. The molecule has 0 atom stereocenters. The van der Waals surface area contributed by atoms with Crippen LogP contribution in [0.4, 0.5) is 30.7 Å². The highest BCUT2D eigenvalue weighted by Gasteiger charge is 2.45. The summed E-state index contributed by atoms with van der Waals surface area (Å²) in [4.78, 5) is 0. The van der Waals surface area contributed by atoms with Crippen molar-refractivity contribution in [3.63, 3.8) is 0 Å². The second-order valence-electron chi connectivity index (χ2n) is 12.0. The second-order valence-corrected chi connectivity index (χ2v) is 12.0. The van der Waals surface area contributed by atoms with Gasteiger partial charge in [-0.1, -0.05) is 19.1 Å². The molecular formula is C32H35F7O3. The molecular weight excluding hydrogens is 565 g/mol. The fourth-order valence-electron chi connectivity index (χ4n) is 6.75. The quantitative estimate of drug-likeness (QED) is 0.296. The largest absolute Gasteiger partial charge is 0.432 e. The van der Waals surface area contributed by atoms with Crippen LogP contribution in [-0.4, -0.2) is 19.3 Å². The molecule has 0 bridgehead atoms. The first kappa shape index (κ1) is 30.9. The van der Waals surface area contributed by atoms with Crippen LogP contribution in [0, 0.1) is 41.1 Å². The molecule has 1 heterocycles. The Hall–Kier alpha value is -2.59. The van der Waals surface area contributed by atoms with Gasteiger partial charge in [0.25, 0.3) is 6.08 Å². The van der Waals surface area contributed by atoms with E-state index in [9.17, 15) is 26.3 Å². The first-order chi connectivity index (χ1) is 20.0. The predicted octanol–water partition coefficient (Wildman–Crippen LogP) is 9.77. The molecule has 42 heavy (non-hydrogen) atoms. The fourth-order valence-corrected chi connectivity index (χ4v) is 6.75. The lowest BCUT2D eigenvalue weighted by molar-refractivity contribution is -0.224. The van der Waals surface area contributed by atoms with Gasteiger partial charge in [-0.3, -0.25) is 0 Å². The van der Waals surface area contributed by atoms with Crippen LogP contribution in [0.15, 0.2) is 36.4 Å². The monoisotopic (exact) mass is 600 g/mol. The molecule has 0 amide bonds. The molecule has 3 aliphatic rings. The van der Waals surface area contributed by atoms with Gasteiger partial charge in [-0.25, -0.2) is 13.2 Å². The molecule has 0 aromatic heterocycles. The van der Waals surface area contributed by atoms with E-state index < -0.39 is 47.3 Å². The summed E-state index contributed by atoms with van der Waals surface area (Å²) in [7, 11) is 0. The lowest BCUT2D eigenvalue weighted by Crippen LogP contribution is -2.38. The van der Waals surface area contributed by atoms with E-state index in [0.29, 0.717) is 61.2 Å². The van der Waals surface area contributed by atoms with Crippen LogP contribution in [0.3, 0.4) is 0 Å². The van der Waals surface area contributed by atoms with Crippen LogP contribution in [-0.2, 0) is 9.47 Å². The second kappa shape index (κ2) is 13.0. The summed E-state index contributed by atoms with van der Waals surface area (Å²) in [5, 5.41) is 0. The third-order valence-electron chi connectivity index (χ3n) is 9.05. The Bertz CT molecular complexity index is 1230. The summed E-state index contributed by atoms with van der Waals surface area (Å²) < 4.78 is 114. The molecule has 0 spiro atoms. The molecule has 0 radical (unpaired) electrons. The van der Waals surface area contributed by atoms with Gasteiger partial charge in [-0.15, -0.1) is 0 Å². The van der Waals surface area contributed by atoms with Crippen LogP contribution in [0.25, 0.3) is 6.08 Å². The number of alkyl halides is 2. The first-order valence-electron chi connectivity index (χ1n) is 14.6. The van der Waals surface area contributed by atoms with Crippen molar-refractivity contribution in [2.45, 2.75) is 76.6 Å². The van der Waals surface area contributed by atoms with E-state index in [2.05, 4.69) is 0 Å². The Kier molecular flexibility index (Phi) is 9.52. The Morgan fingerprint density at radius 1 is 0.810 bits per heavy atom. The van der Waals surface area contributed by atoms with Crippen molar-refractivity contribution in [1.29, 1.82) is 0 Å². The topological polar surface area (TPSA) is 27.7 Å². The van der Waals surface area contributed by atoms with Crippen LogP contribution in [0.5, 0.6) is 5.75 Å². The van der Waals surface area contributed by atoms with Crippen molar-refractivity contribution in [2.75, 3.05) is 13.2 Å². The maximum absolute atomic E-state index is 15.1. The molecule has 1 aliphatic heterocycles. The Labute approximate surface area is 241 Å². The van der Waals surface area contributed by atoms with Crippen molar-refractivity contribution in [3.8, 4) is 5.75 Å². The number of hydrogen-bond donors (Lipinski definition) is 0. The SMILES string of the molecule is CC1COC(c2ccc(C3CCC(C4CCC(C(F)(F)Oc5cc(F)c(C=C(F)F)c(F)c5)CC4)CC3)c(F)c2)OC1. The van der Waals surface area contributed by atoms with Gasteiger partial charge in [0, 0.05) is 29.7 Å². The summed E-state index contributed by atoms with van der Waals surface area (Å²) in [5.74, 6) is -3.92. The Morgan fingerprint density at radius 2 is 1.38 bits per heavy atom. The van der Waals surface area contributed by atoms with E-state index >= 15 is 4.39 Å². The molecule has 0 unspecified atom stereocenters. The van der Waals surface area contributed by atoms with Gasteiger partial charge >= 0.3 is 6.11 Å². The van der Waals surface area contributed by atoms with Gasteiger partial charge in [0.2, 0.25) is 0 Å². The normalized spacial score (nSPS) is 28.8. The van der Waals surface area contributed by atoms with Gasteiger partial charge in [0.05, 0.1) is 24.7 Å². The summed E-state index contributed by atoms with van der Waals surface area (Å²) in [6.07, 6.45) is -1.58. The number of benzene rings is 2. The zero-order valence-corrected chi connectivity index (χ0v) is 23.4. The van der Waals surface area contributed by atoms with E-state index in [1.54, 1.807) is 0 Å². The van der Waals surface area contributed by atoms with Gasteiger partial charge in [0.15, 0.2) is 6.29 Å². The van der Waals surface area contributed by atoms with Gasteiger partial charge < -0.3 is 14.2 Å². The smallest absolute Gasteiger partial charge is 0.400 e. The van der Waals surface area contributed by atoms with Gasteiger partial charge in [-0.2, -0.15) is 17.6 Å². The van der Waals surface area contributed by atoms with Gasteiger partial charge in [-0.05, 0) is 80.8 Å². The Balaban J connectivity index is 1.12. The third kappa shape index (κ3) is 7.13. The van der Waals surface area contributed by atoms with E-state index in [-0.39, 0.29) is 36.6 Å². The van der Waals surface area contributed by atoms with Crippen molar-refractivity contribution in [1.82, 2.24) is 0 Å². The lowest BCUT2D eigenvalue weighted by atomic mass is 9.68. The zero-order valence-electron chi connectivity index (χ0n) is 23.4. The molecule has 5 rings (SSSR count). The van der Waals surface area contributed by atoms with Crippen LogP contribution in [0.2, 0.25) is 0 Å². The van der Waals surface area contributed by atoms with Crippen LogP contribution in [0.1, 0.15) is 87.2 Å². The maximum Gasteiger partial charge on any atom is 0.400 e. The fraction of sp³-hybridized carbons (Fsp3) is 0.562. The molecule has 2 aromatic rings. The summed E-state index contributed by atoms with van der Waals surface area (Å²) >= 11 is 0. The van der Waals surface area contributed by atoms with Crippen molar-refractivity contribution in [3.05, 3.63) is 70.6 Å². The minimum absolute atomic E-state index is 0.00319. The number of ether oxygens (including phenoxy) is 3. The zero-order chi connectivity index (χ0) is 30.0. The van der Waals surface area contributed by atoms with Crippen molar-refractivity contribution in [2.24, 2.45) is 23.7 Å². The molecule has 230 valence electrons. The highest BCUT2D eigenvalue weighted by atomic mass is 19.3.